The number of rotatable bonds is 5. The van der Waals surface area contributed by atoms with Gasteiger partial charge in [-0.3, -0.25) is 4.79 Å². The van der Waals surface area contributed by atoms with E-state index in [1.165, 1.54) is 0 Å². The van der Waals surface area contributed by atoms with Crippen LogP contribution in [-0.2, 0) is 9.53 Å². The number of hydrogen-bond donors (Lipinski definition) is 1. The Hall–Kier alpha value is -1.55. The second kappa shape index (κ2) is 5.19. The number of para-hydroxylation sites is 1. The van der Waals surface area contributed by atoms with Crippen molar-refractivity contribution in [1.82, 2.24) is 0 Å². The predicted molar refractivity (Wildman–Crippen MR) is 62.1 cm³/mol. The van der Waals surface area contributed by atoms with E-state index < -0.39 is 11.4 Å². The van der Waals surface area contributed by atoms with E-state index in [1.54, 1.807) is 0 Å². The van der Waals surface area contributed by atoms with Crippen molar-refractivity contribution in [2.45, 2.75) is 12.8 Å². The molecule has 0 spiro atoms. The Morgan fingerprint density at radius 2 is 2.18 bits per heavy atom. The zero-order chi connectivity index (χ0) is 12.1. The molecule has 2 rings (SSSR count). The fourth-order valence-corrected chi connectivity index (χ4v) is 1.96. The van der Waals surface area contributed by atoms with Crippen molar-refractivity contribution < 1.29 is 19.4 Å². The molecule has 0 aromatic heterocycles. The SMILES string of the molecule is O=C(O)C1(CCOc2ccccc2)CCOC1. The zero-order valence-electron chi connectivity index (χ0n) is 9.59. The molecule has 4 nitrogen and oxygen atoms in total. The largest absolute Gasteiger partial charge is 0.494 e. The van der Waals surface area contributed by atoms with Crippen LogP contribution in [0.25, 0.3) is 0 Å². The first-order valence-electron chi connectivity index (χ1n) is 5.72. The summed E-state index contributed by atoms with van der Waals surface area (Å²) < 4.78 is 10.7. The molecule has 17 heavy (non-hydrogen) atoms. The van der Waals surface area contributed by atoms with Crippen LogP contribution in [0.1, 0.15) is 12.8 Å². The van der Waals surface area contributed by atoms with Crippen LogP contribution in [-0.4, -0.2) is 30.9 Å². The summed E-state index contributed by atoms with van der Waals surface area (Å²) in [6.07, 6.45) is 1.05. The third-order valence-electron chi connectivity index (χ3n) is 3.15. The first-order valence-corrected chi connectivity index (χ1v) is 5.72. The molecule has 1 aromatic rings. The van der Waals surface area contributed by atoms with Crippen LogP contribution >= 0.6 is 0 Å². The molecule has 0 amide bonds. The monoisotopic (exact) mass is 236 g/mol. The minimum atomic E-state index is -0.785. The van der Waals surface area contributed by atoms with Gasteiger partial charge >= 0.3 is 5.97 Å². The summed E-state index contributed by atoms with van der Waals surface area (Å²) >= 11 is 0. The molecule has 1 fully saturated rings. The molecule has 4 heteroatoms. The van der Waals surface area contributed by atoms with E-state index >= 15 is 0 Å². The van der Waals surface area contributed by atoms with E-state index in [0.29, 0.717) is 32.7 Å². The quantitative estimate of drug-likeness (QED) is 0.849. The fraction of sp³-hybridized carbons (Fsp3) is 0.462. The average Bonchev–Trinajstić information content (AvgIpc) is 2.80. The maximum absolute atomic E-state index is 11.2. The molecule has 0 saturated carbocycles. The Morgan fingerprint density at radius 1 is 1.41 bits per heavy atom. The van der Waals surface area contributed by atoms with Gasteiger partial charge in [0.25, 0.3) is 0 Å². The van der Waals surface area contributed by atoms with E-state index in [0.717, 1.165) is 5.75 Å². The lowest BCUT2D eigenvalue weighted by Gasteiger charge is -2.21. The summed E-state index contributed by atoms with van der Waals surface area (Å²) in [5.74, 6) is -0.0152. The Balaban J connectivity index is 1.87. The van der Waals surface area contributed by atoms with Gasteiger partial charge in [0.15, 0.2) is 0 Å². The second-order valence-electron chi connectivity index (χ2n) is 4.30. The van der Waals surface area contributed by atoms with Gasteiger partial charge < -0.3 is 14.6 Å². The molecule has 1 aliphatic rings. The predicted octanol–water partition coefficient (Wildman–Crippen LogP) is 1.95. The molecule has 92 valence electrons. The highest BCUT2D eigenvalue weighted by atomic mass is 16.5. The average molecular weight is 236 g/mol. The van der Waals surface area contributed by atoms with E-state index in [-0.39, 0.29) is 0 Å². The number of ether oxygens (including phenoxy) is 2. The van der Waals surface area contributed by atoms with Gasteiger partial charge in [-0.25, -0.2) is 0 Å². The zero-order valence-corrected chi connectivity index (χ0v) is 9.59. The van der Waals surface area contributed by atoms with Crippen LogP contribution in [0.3, 0.4) is 0 Å². The van der Waals surface area contributed by atoms with Gasteiger partial charge in [0.05, 0.1) is 18.6 Å². The summed E-state index contributed by atoms with van der Waals surface area (Å²) in [5, 5.41) is 9.23. The van der Waals surface area contributed by atoms with Gasteiger partial charge in [-0.2, -0.15) is 0 Å². The highest BCUT2D eigenvalue weighted by Crippen LogP contribution is 2.32. The molecule has 0 bridgehead atoms. The fourth-order valence-electron chi connectivity index (χ4n) is 1.96. The first kappa shape index (κ1) is 11.9. The van der Waals surface area contributed by atoms with Crippen LogP contribution in [0.5, 0.6) is 5.75 Å². The van der Waals surface area contributed by atoms with Gasteiger partial charge in [-0.15, -0.1) is 0 Å². The molecule has 0 aliphatic carbocycles. The number of carbonyl (C=O) groups is 1. The van der Waals surface area contributed by atoms with Crippen LogP contribution in [0, 0.1) is 5.41 Å². The van der Waals surface area contributed by atoms with Crippen molar-refractivity contribution in [3.63, 3.8) is 0 Å². The maximum Gasteiger partial charge on any atom is 0.312 e. The van der Waals surface area contributed by atoms with Gasteiger partial charge in [0, 0.05) is 6.61 Å². The van der Waals surface area contributed by atoms with Crippen molar-refractivity contribution >= 4 is 5.97 Å². The third-order valence-corrected chi connectivity index (χ3v) is 3.15. The van der Waals surface area contributed by atoms with Crippen molar-refractivity contribution in [2.24, 2.45) is 5.41 Å². The van der Waals surface area contributed by atoms with Crippen LogP contribution in [0.15, 0.2) is 30.3 Å². The molecule has 1 aliphatic heterocycles. The summed E-state index contributed by atoms with van der Waals surface area (Å²) in [6, 6.07) is 9.41. The lowest BCUT2D eigenvalue weighted by atomic mass is 9.84. The molecule has 0 radical (unpaired) electrons. The lowest BCUT2D eigenvalue weighted by Crippen LogP contribution is -2.33. The third kappa shape index (κ3) is 2.77. The highest BCUT2D eigenvalue weighted by molar-refractivity contribution is 5.75. The standard InChI is InChI=1S/C13H16O4/c14-12(15)13(6-8-16-10-13)7-9-17-11-4-2-1-3-5-11/h1-5H,6-10H2,(H,14,15). The number of aliphatic carboxylic acids is 1. The topological polar surface area (TPSA) is 55.8 Å². The Labute approximate surface area is 100 Å². The minimum absolute atomic E-state index is 0.292. The Morgan fingerprint density at radius 3 is 2.76 bits per heavy atom. The Bertz CT molecular complexity index is 368. The van der Waals surface area contributed by atoms with Crippen molar-refractivity contribution in [2.75, 3.05) is 19.8 Å². The van der Waals surface area contributed by atoms with Gasteiger partial charge in [-0.1, -0.05) is 18.2 Å². The van der Waals surface area contributed by atoms with E-state index in [9.17, 15) is 9.90 Å². The van der Waals surface area contributed by atoms with Crippen LogP contribution in [0.4, 0.5) is 0 Å². The van der Waals surface area contributed by atoms with Gasteiger partial charge in [-0.05, 0) is 25.0 Å². The molecule has 1 aromatic carbocycles. The van der Waals surface area contributed by atoms with E-state index in [2.05, 4.69) is 0 Å². The summed E-state index contributed by atoms with van der Waals surface area (Å²) in [4.78, 5) is 11.2. The second-order valence-corrected chi connectivity index (χ2v) is 4.30. The highest BCUT2D eigenvalue weighted by Gasteiger charge is 2.42. The number of carboxylic acids is 1. The molecular weight excluding hydrogens is 220 g/mol. The number of benzene rings is 1. The van der Waals surface area contributed by atoms with Crippen LogP contribution < -0.4 is 4.74 Å². The smallest absolute Gasteiger partial charge is 0.312 e. The molecule has 1 atom stereocenters. The Kier molecular flexibility index (Phi) is 3.64. The number of carboxylic acid groups (broad SMARTS) is 1. The van der Waals surface area contributed by atoms with Gasteiger partial charge in [0.2, 0.25) is 0 Å². The number of hydrogen-bond acceptors (Lipinski definition) is 3. The maximum atomic E-state index is 11.2. The minimum Gasteiger partial charge on any atom is -0.494 e. The first-order chi connectivity index (χ1) is 8.23. The summed E-state index contributed by atoms with van der Waals surface area (Å²) in [6.45, 7) is 1.22. The molecule has 1 saturated heterocycles. The summed E-state index contributed by atoms with van der Waals surface area (Å²) in [7, 11) is 0. The summed E-state index contributed by atoms with van der Waals surface area (Å²) in [5.41, 5.74) is -0.755. The van der Waals surface area contributed by atoms with Crippen LogP contribution in [0.2, 0.25) is 0 Å². The molecule has 1 heterocycles. The van der Waals surface area contributed by atoms with Crippen molar-refractivity contribution in [3.8, 4) is 5.75 Å². The molecule has 1 unspecified atom stereocenters. The lowest BCUT2D eigenvalue weighted by molar-refractivity contribution is -0.149. The van der Waals surface area contributed by atoms with Gasteiger partial charge in [0.1, 0.15) is 5.75 Å². The van der Waals surface area contributed by atoms with E-state index in [4.69, 9.17) is 9.47 Å². The molecular formula is C13H16O4. The van der Waals surface area contributed by atoms with Crippen molar-refractivity contribution in [3.05, 3.63) is 30.3 Å². The van der Waals surface area contributed by atoms with Crippen molar-refractivity contribution in [1.29, 1.82) is 0 Å². The van der Waals surface area contributed by atoms with E-state index in [1.807, 2.05) is 30.3 Å². The molecule has 1 N–H and O–H groups in total. The normalized spacial score (nSPS) is 23.5.